The van der Waals surface area contributed by atoms with Crippen molar-refractivity contribution >= 4 is 17.4 Å². The SMILES string of the molecule is C.C.C.CN1CCC(Cl)CC1.Cc1cccc(C2(C)Cc3ccccc3C2(O)C2CCN(C)CC2)c1.Cc1cccc(C2(C)Cc3ccccc3C2=O)c1. The lowest BCUT2D eigenvalue weighted by atomic mass is 9.61. The van der Waals surface area contributed by atoms with Crippen molar-refractivity contribution in [3.63, 3.8) is 0 Å². The molecule has 2 aliphatic heterocycles. The van der Waals surface area contributed by atoms with Crippen molar-refractivity contribution in [2.24, 2.45) is 5.92 Å². The maximum atomic E-state index is 12.6. The van der Waals surface area contributed by atoms with E-state index in [-0.39, 0.29) is 33.5 Å². The second kappa shape index (κ2) is 18.6. The summed E-state index contributed by atoms with van der Waals surface area (Å²) < 4.78 is 0. The number of carbonyl (C=O) groups is 1. The highest BCUT2D eigenvalue weighted by molar-refractivity contribution is 6.20. The molecule has 3 unspecified atom stereocenters. The summed E-state index contributed by atoms with van der Waals surface area (Å²) in [5.41, 5.74) is 7.94. The van der Waals surface area contributed by atoms with E-state index in [1.54, 1.807) is 0 Å². The highest BCUT2D eigenvalue weighted by Gasteiger charge is 2.58. The van der Waals surface area contributed by atoms with E-state index >= 15 is 0 Å². The molecule has 1 N–H and O–H groups in total. The van der Waals surface area contributed by atoms with E-state index in [9.17, 15) is 9.90 Å². The van der Waals surface area contributed by atoms with Gasteiger partial charge in [-0.3, -0.25) is 4.79 Å². The van der Waals surface area contributed by atoms with Crippen molar-refractivity contribution in [2.45, 2.75) is 110 Å². The number of benzene rings is 4. The Morgan fingerprint density at radius 1 is 0.648 bits per heavy atom. The van der Waals surface area contributed by atoms with E-state index in [0.29, 0.717) is 11.3 Å². The van der Waals surface area contributed by atoms with Crippen LogP contribution in [0.1, 0.15) is 111 Å². The fourth-order valence-corrected chi connectivity index (χ4v) is 9.31. The molecule has 5 heteroatoms. The van der Waals surface area contributed by atoms with E-state index in [4.69, 9.17) is 11.6 Å². The van der Waals surface area contributed by atoms with Gasteiger partial charge in [-0.15, -0.1) is 11.6 Å². The summed E-state index contributed by atoms with van der Waals surface area (Å²) in [4.78, 5) is 17.3. The van der Waals surface area contributed by atoms with Crippen molar-refractivity contribution in [2.75, 3.05) is 40.3 Å². The molecule has 4 aromatic rings. The normalized spacial score (nSPS) is 25.3. The summed E-state index contributed by atoms with van der Waals surface area (Å²) in [6, 6.07) is 33.6. The topological polar surface area (TPSA) is 43.8 Å². The Hall–Kier alpha value is -3.28. The number of aryl methyl sites for hydroxylation is 2. The van der Waals surface area contributed by atoms with Gasteiger partial charge in [0, 0.05) is 16.4 Å². The molecule has 0 bridgehead atoms. The summed E-state index contributed by atoms with van der Waals surface area (Å²) in [7, 11) is 4.32. The molecule has 0 radical (unpaired) electrons. The molecule has 4 nitrogen and oxygen atoms in total. The van der Waals surface area contributed by atoms with E-state index in [0.717, 1.165) is 68.3 Å². The number of Topliss-reactive ketones (excluding diaryl/α,β-unsaturated/α-hetero) is 1. The fourth-order valence-electron chi connectivity index (χ4n) is 9.12. The van der Waals surface area contributed by atoms with E-state index < -0.39 is 11.0 Å². The summed E-state index contributed by atoms with van der Waals surface area (Å²) >= 11 is 5.86. The summed E-state index contributed by atoms with van der Waals surface area (Å²) in [5.74, 6) is 0.557. The number of piperidine rings is 2. The van der Waals surface area contributed by atoms with Crippen LogP contribution in [0.4, 0.5) is 0 Å². The van der Waals surface area contributed by atoms with E-state index in [1.807, 2.05) is 24.3 Å². The fraction of sp³-hybridized carbons (Fsp3) is 0.490. The molecule has 2 fully saturated rings. The zero-order valence-corrected chi connectivity index (χ0v) is 32.3. The number of rotatable bonds is 3. The van der Waals surface area contributed by atoms with Gasteiger partial charge in [0.15, 0.2) is 5.78 Å². The van der Waals surface area contributed by atoms with Gasteiger partial charge < -0.3 is 14.9 Å². The Morgan fingerprint density at radius 3 is 1.70 bits per heavy atom. The minimum absolute atomic E-state index is 0. The molecule has 0 spiro atoms. The van der Waals surface area contributed by atoms with Crippen LogP contribution in [-0.2, 0) is 29.3 Å². The Balaban J connectivity index is 0.000000237. The van der Waals surface area contributed by atoms with Gasteiger partial charge in [-0.1, -0.05) is 137 Å². The number of hydrogen-bond donors (Lipinski definition) is 1. The van der Waals surface area contributed by atoms with Crippen molar-refractivity contribution in [3.05, 3.63) is 142 Å². The molecule has 54 heavy (non-hydrogen) atoms. The number of alkyl halides is 1. The quantitative estimate of drug-likeness (QED) is 0.212. The van der Waals surface area contributed by atoms with E-state index in [2.05, 4.69) is 124 Å². The number of hydrogen-bond acceptors (Lipinski definition) is 4. The Kier molecular flexibility index (Phi) is 15.5. The summed E-state index contributed by atoms with van der Waals surface area (Å²) in [5, 5.41) is 12.7. The first-order valence-electron chi connectivity index (χ1n) is 18.9. The monoisotopic (exact) mass is 753 g/mol. The molecule has 8 rings (SSSR count). The maximum absolute atomic E-state index is 12.6. The number of fused-ring (bicyclic) bond motifs is 2. The standard InChI is InChI=1S/C23H29NO.C17H16O.C6H12ClN.3CH4/c1-17-7-6-9-20(15-17)22(2)16-18-8-4-5-10-21(18)23(22,25)19-11-13-24(3)14-12-19;1-12-6-5-8-14(10-12)17(2)11-13-7-3-4-9-15(13)16(17)18;1-8-4-2-6(7)3-5-8;;;/h4-10,15,19,25H,11-14,16H2,1-3H3;3-10H,11H2,1-2H3;6H,2-5H2,1H3;3*1H4. The van der Waals surface area contributed by atoms with Crippen LogP contribution in [0.2, 0.25) is 0 Å². The Labute approximate surface area is 334 Å². The number of aliphatic hydroxyl groups is 1. The Morgan fingerprint density at radius 2 is 1.15 bits per heavy atom. The zero-order chi connectivity index (χ0) is 36.4. The van der Waals surface area contributed by atoms with Crippen LogP contribution in [0, 0.1) is 19.8 Å². The highest BCUT2D eigenvalue weighted by Crippen LogP contribution is 2.57. The smallest absolute Gasteiger partial charge is 0.173 e. The number of nitrogens with zero attached hydrogens (tertiary/aromatic N) is 2. The lowest BCUT2D eigenvalue weighted by Crippen LogP contribution is -2.52. The van der Waals surface area contributed by atoms with E-state index in [1.165, 1.54) is 40.9 Å². The average molecular weight is 754 g/mol. The molecular formula is C49H69ClN2O2. The average Bonchev–Trinajstić information content (AvgIpc) is 3.54. The predicted molar refractivity (Wildman–Crippen MR) is 232 cm³/mol. The lowest BCUT2D eigenvalue weighted by molar-refractivity contribution is -0.0949. The third-order valence-electron chi connectivity index (χ3n) is 12.4. The van der Waals surface area contributed by atoms with Gasteiger partial charge in [-0.25, -0.2) is 0 Å². The molecule has 2 saturated heterocycles. The van der Waals surface area contributed by atoms with Gasteiger partial charge in [-0.05, 0) is 133 Å². The predicted octanol–water partition coefficient (Wildman–Crippen LogP) is 11.0. The maximum Gasteiger partial charge on any atom is 0.173 e. The molecule has 0 amide bonds. The first kappa shape index (κ1) is 45.1. The van der Waals surface area contributed by atoms with Gasteiger partial charge in [-0.2, -0.15) is 0 Å². The molecule has 2 heterocycles. The van der Waals surface area contributed by atoms with Crippen LogP contribution in [0.25, 0.3) is 0 Å². The molecule has 0 saturated carbocycles. The number of likely N-dealkylation sites (tertiary alicyclic amines) is 2. The number of halogens is 1. The summed E-state index contributed by atoms with van der Waals surface area (Å²) in [6.07, 6.45) is 6.17. The van der Waals surface area contributed by atoms with Crippen molar-refractivity contribution in [3.8, 4) is 0 Å². The van der Waals surface area contributed by atoms with Crippen LogP contribution in [0.5, 0.6) is 0 Å². The third kappa shape index (κ3) is 8.89. The van der Waals surface area contributed by atoms with Crippen molar-refractivity contribution in [1.82, 2.24) is 9.80 Å². The second-order valence-corrected chi connectivity index (χ2v) is 16.8. The largest absolute Gasteiger partial charge is 0.384 e. The zero-order valence-electron chi connectivity index (χ0n) is 31.6. The summed E-state index contributed by atoms with van der Waals surface area (Å²) in [6.45, 7) is 13.0. The molecule has 0 aromatic heterocycles. The molecule has 294 valence electrons. The van der Waals surface area contributed by atoms with Gasteiger partial charge in [0.05, 0.1) is 5.41 Å². The highest BCUT2D eigenvalue weighted by atomic mass is 35.5. The van der Waals surface area contributed by atoms with Gasteiger partial charge >= 0.3 is 0 Å². The molecule has 2 aliphatic carbocycles. The minimum Gasteiger partial charge on any atom is -0.384 e. The first-order valence-corrected chi connectivity index (χ1v) is 19.4. The molecule has 4 aliphatic rings. The van der Waals surface area contributed by atoms with Crippen LogP contribution in [0.3, 0.4) is 0 Å². The number of ketones is 1. The van der Waals surface area contributed by atoms with Crippen molar-refractivity contribution in [1.29, 1.82) is 0 Å². The minimum atomic E-state index is -0.793. The van der Waals surface area contributed by atoms with Gasteiger partial charge in [0.25, 0.3) is 0 Å². The molecule has 4 aromatic carbocycles. The second-order valence-electron chi connectivity index (χ2n) is 16.2. The first-order chi connectivity index (χ1) is 24.3. The van der Waals surface area contributed by atoms with Crippen molar-refractivity contribution < 1.29 is 9.90 Å². The van der Waals surface area contributed by atoms with Crippen LogP contribution < -0.4 is 0 Å². The third-order valence-corrected chi connectivity index (χ3v) is 12.8. The van der Waals surface area contributed by atoms with Crippen LogP contribution in [0.15, 0.2) is 97.1 Å². The van der Waals surface area contributed by atoms with Gasteiger partial charge in [0.1, 0.15) is 5.60 Å². The molecule has 3 atom stereocenters. The van der Waals surface area contributed by atoms with Crippen LogP contribution >= 0.6 is 11.6 Å². The number of carbonyl (C=O) groups excluding carboxylic acids is 1. The lowest BCUT2D eigenvalue weighted by Gasteiger charge is -2.48. The van der Waals surface area contributed by atoms with Crippen LogP contribution in [-0.4, -0.2) is 66.3 Å². The molecular weight excluding hydrogens is 684 g/mol. The Bertz CT molecular complexity index is 1810. The van der Waals surface area contributed by atoms with Gasteiger partial charge in [0.2, 0.25) is 0 Å².